The van der Waals surface area contributed by atoms with Crippen molar-refractivity contribution in [3.05, 3.63) is 16.7 Å². The second-order valence-electron chi connectivity index (χ2n) is 3.67. The van der Waals surface area contributed by atoms with E-state index in [4.69, 9.17) is 9.47 Å². The molecule has 1 fully saturated rings. The molecule has 1 saturated heterocycles. The second-order valence-corrected chi connectivity index (χ2v) is 3.67. The molecule has 0 saturated carbocycles. The maximum Gasteiger partial charge on any atom is 0.295 e. The Morgan fingerprint density at radius 2 is 2.56 bits per heavy atom. The number of aromatic nitrogens is 2. The molecule has 16 heavy (non-hydrogen) atoms. The Bertz CT molecular complexity index is 399. The Balaban J connectivity index is 2.13. The smallest absolute Gasteiger partial charge is 0.295 e. The largest absolute Gasteiger partial charge is 0.489 e. The van der Waals surface area contributed by atoms with Crippen LogP contribution in [0, 0.1) is 0 Å². The van der Waals surface area contributed by atoms with Crippen LogP contribution in [0.5, 0.6) is 5.75 Å². The number of anilines is 1. The number of rotatable bonds is 3. The molecule has 1 atom stereocenters. The van der Waals surface area contributed by atoms with Crippen LogP contribution in [0.3, 0.4) is 0 Å². The zero-order chi connectivity index (χ0) is 11.4. The summed E-state index contributed by atoms with van der Waals surface area (Å²) in [5.41, 5.74) is -0.281. The van der Waals surface area contributed by atoms with E-state index >= 15 is 0 Å². The number of methoxy groups -OCH3 is 1. The lowest BCUT2D eigenvalue weighted by molar-refractivity contribution is 0.0874. The molecular formula is C10H15N3O3. The van der Waals surface area contributed by atoms with Crippen LogP contribution in [0.4, 0.5) is 5.82 Å². The first-order valence-corrected chi connectivity index (χ1v) is 5.27. The fourth-order valence-electron chi connectivity index (χ4n) is 1.73. The summed E-state index contributed by atoms with van der Waals surface area (Å²) in [6.45, 7) is 1.44. The van der Waals surface area contributed by atoms with Crippen LogP contribution in [-0.2, 0) is 4.74 Å². The Kier molecular flexibility index (Phi) is 3.40. The van der Waals surface area contributed by atoms with Gasteiger partial charge in [0.1, 0.15) is 0 Å². The van der Waals surface area contributed by atoms with E-state index in [0.29, 0.717) is 12.4 Å². The fraction of sp³-hybridized carbons (Fsp3) is 0.600. The quantitative estimate of drug-likeness (QED) is 0.777. The van der Waals surface area contributed by atoms with Crippen LogP contribution < -0.4 is 15.6 Å². The van der Waals surface area contributed by atoms with Crippen molar-refractivity contribution in [1.82, 2.24) is 9.97 Å². The van der Waals surface area contributed by atoms with Gasteiger partial charge in [-0.3, -0.25) is 4.79 Å². The molecule has 1 aliphatic heterocycles. The van der Waals surface area contributed by atoms with Crippen molar-refractivity contribution >= 4 is 5.82 Å². The third kappa shape index (κ3) is 2.33. The van der Waals surface area contributed by atoms with Crippen LogP contribution in [0.2, 0.25) is 0 Å². The number of aromatic amines is 1. The fourth-order valence-corrected chi connectivity index (χ4v) is 1.73. The topological polar surface area (TPSA) is 76.2 Å². The normalized spacial score (nSPS) is 20.4. The van der Waals surface area contributed by atoms with Crippen molar-refractivity contribution in [2.75, 3.05) is 25.6 Å². The van der Waals surface area contributed by atoms with Gasteiger partial charge >= 0.3 is 0 Å². The monoisotopic (exact) mass is 225 g/mol. The number of H-pyrrole nitrogens is 1. The van der Waals surface area contributed by atoms with Gasteiger partial charge < -0.3 is 19.8 Å². The Morgan fingerprint density at radius 1 is 1.69 bits per heavy atom. The molecule has 2 N–H and O–H groups in total. The summed E-state index contributed by atoms with van der Waals surface area (Å²) in [5, 5.41) is 3.16. The highest BCUT2D eigenvalue weighted by Gasteiger charge is 2.17. The predicted octanol–water partition coefficient (Wildman–Crippen LogP) is 0.369. The van der Waals surface area contributed by atoms with E-state index in [-0.39, 0.29) is 17.4 Å². The van der Waals surface area contributed by atoms with Crippen LogP contribution in [0.15, 0.2) is 11.1 Å². The van der Waals surface area contributed by atoms with Crippen molar-refractivity contribution in [3.63, 3.8) is 0 Å². The standard InChI is InChI=1S/C10H15N3O3/c1-15-8-9(11-6-12-10(8)14)13-7-3-2-4-16-5-7/h6-7H,2-5H2,1H3,(H2,11,12,13,14). The molecule has 0 radical (unpaired) electrons. The number of hydrogen-bond acceptors (Lipinski definition) is 5. The molecule has 6 heteroatoms. The van der Waals surface area contributed by atoms with E-state index in [0.717, 1.165) is 19.4 Å². The van der Waals surface area contributed by atoms with Gasteiger partial charge in [0, 0.05) is 6.61 Å². The minimum absolute atomic E-state index is 0.192. The Hall–Kier alpha value is -1.56. The van der Waals surface area contributed by atoms with Crippen LogP contribution in [0.1, 0.15) is 12.8 Å². The maximum absolute atomic E-state index is 11.4. The minimum Gasteiger partial charge on any atom is -0.489 e. The van der Waals surface area contributed by atoms with E-state index in [2.05, 4.69) is 15.3 Å². The Morgan fingerprint density at radius 3 is 3.25 bits per heavy atom. The van der Waals surface area contributed by atoms with Gasteiger partial charge in [-0.2, -0.15) is 0 Å². The highest BCUT2D eigenvalue weighted by Crippen LogP contribution is 2.18. The summed E-state index contributed by atoms with van der Waals surface area (Å²) in [7, 11) is 1.45. The number of ether oxygens (including phenoxy) is 2. The number of hydrogen-bond donors (Lipinski definition) is 2. The molecule has 2 heterocycles. The van der Waals surface area contributed by atoms with E-state index in [1.165, 1.54) is 13.4 Å². The molecule has 1 aliphatic rings. The highest BCUT2D eigenvalue weighted by atomic mass is 16.5. The highest BCUT2D eigenvalue weighted by molar-refractivity contribution is 5.48. The molecule has 1 aromatic rings. The summed E-state index contributed by atoms with van der Waals surface area (Å²) in [4.78, 5) is 17.9. The second kappa shape index (κ2) is 4.98. The average Bonchev–Trinajstić information content (AvgIpc) is 2.31. The summed E-state index contributed by atoms with van der Waals surface area (Å²) < 4.78 is 10.3. The van der Waals surface area contributed by atoms with Crippen molar-refractivity contribution in [3.8, 4) is 5.75 Å². The summed E-state index contributed by atoms with van der Waals surface area (Å²) in [6.07, 6.45) is 3.39. The maximum atomic E-state index is 11.4. The molecule has 0 spiro atoms. The van der Waals surface area contributed by atoms with E-state index in [1.807, 2.05) is 0 Å². The molecule has 0 aliphatic carbocycles. The molecule has 6 nitrogen and oxygen atoms in total. The van der Waals surface area contributed by atoms with Gasteiger partial charge in [0.15, 0.2) is 5.82 Å². The van der Waals surface area contributed by atoms with Crippen molar-refractivity contribution in [2.45, 2.75) is 18.9 Å². The molecule has 2 rings (SSSR count). The SMILES string of the molecule is COc1c(NC2CCCOC2)nc[nH]c1=O. The summed E-state index contributed by atoms with van der Waals surface area (Å²) >= 11 is 0. The van der Waals surface area contributed by atoms with Gasteiger partial charge in [-0.05, 0) is 12.8 Å². The lowest BCUT2D eigenvalue weighted by Crippen LogP contribution is -2.31. The lowest BCUT2D eigenvalue weighted by atomic mass is 10.1. The zero-order valence-corrected chi connectivity index (χ0v) is 9.16. The van der Waals surface area contributed by atoms with Crippen LogP contribution in [-0.4, -0.2) is 36.3 Å². The molecule has 1 unspecified atom stereocenters. The van der Waals surface area contributed by atoms with Crippen LogP contribution in [0.25, 0.3) is 0 Å². The molecule has 0 amide bonds. The lowest BCUT2D eigenvalue weighted by Gasteiger charge is -2.23. The molecule has 0 bridgehead atoms. The van der Waals surface area contributed by atoms with E-state index in [1.54, 1.807) is 0 Å². The number of nitrogens with zero attached hydrogens (tertiary/aromatic N) is 1. The van der Waals surface area contributed by atoms with E-state index in [9.17, 15) is 4.79 Å². The third-order valence-electron chi connectivity index (χ3n) is 2.52. The van der Waals surface area contributed by atoms with Gasteiger partial charge in [-0.25, -0.2) is 4.98 Å². The first kappa shape index (κ1) is 10.9. The van der Waals surface area contributed by atoms with E-state index < -0.39 is 0 Å². The van der Waals surface area contributed by atoms with Gasteiger partial charge in [-0.1, -0.05) is 0 Å². The van der Waals surface area contributed by atoms with Gasteiger partial charge in [0.25, 0.3) is 5.56 Å². The number of nitrogens with one attached hydrogen (secondary N) is 2. The molecule has 1 aromatic heterocycles. The minimum atomic E-state index is -0.281. The van der Waals surface area contributed by atoms with Crippen molar-refractivity contribution in [2.24, 2.45) is 0 Å². The first-order valence-electron chi connectivity index (χ1n) is 5.27. The van der Waals surface area contributed by atoms with Gasteiger partial charge in [0.2, 0.25) is 5.75 Å². The molecule has 0 aromatic carbocycles. The summed E-state index contributed by atoms with van der Waals surface area (Å²) in [5.74, 6) is 0.690. The van der Waals surface area contributed by atoms with Gasteiger partial charge in [0.05, 0.1) is 26.1 Å². The summed E-state index contributed by atoms with van der Waals surface area (Å²) in [6, 6.07) is 0.192. The third-order valence-corrected chi connectivity index (χ3v) is 2.52. The molecular weight excluding hydrogens is 210 g/mol. The zero-order valence-electron chi connectivity index (χ0n) is 9.16. The first-order chi connectivity index (χ1) is 7.81. The van der Waals surface area contributed by atoms with Gasteiger partial charge in [-0.15, -0.1) is 0 Å². The van der Waals surface area contributed by atoms with Crippen molar-refractivity contribution in [1.29, 1.82) is 0 Å². The van der Waals surface area contributed by atoms with Crippen molar-refractivity contribution < 1.29 is 9.47 Å². The molecule has 88 valence electrons. The van der Waals surface area contributed by atoms with Crippen LogP contribution >= 0.6 is 0 Å². The predicted molar refractivity (Wildman–Crippen MR) is 58.9 cm³/mol. The average molecular weight is 225 g/mol. The Labute approximate surface area is 93.0 Å².